The lowest BCUT2D eigenvalue weighted by Crippen LogP contribution is -2.34. The molecule has 0 unspecified atom stereocenters. The minimum Gasteiger partial charge on any atom is -0.480 e. The molecule has 10 heteroatoms. The van der Waals surface area contributed by atoms with Gasteiger partial charge in [0.25, 0.3) is 22.8 Å². The second-order valence-electron chi connectivity index (χ2n) is 4.12. The Bertz CT molecular complexity index is 705. The standard InChI is InChI=1S/C11H10N2O7S/c1-12(20-21(18)19)6-2-3-7-8(4-6)11(17)13(10(7)16)5-9(14)15/h2-4,21H,5H2,1H3,(H,14,15). The van der Waals surface area contributed by atoms with Crippen molar-refractivity contribution in [2.75, 3.05) is 18.7 Å². The molecule has 0 aliphatic carbocycles. The van der Waals surface area contributed by atoms with Gasteiger partial charge in [-0.1, -0.05) is 0 Å². The Balaban J connectivity index is 2.35. The number of aliphatic carboxylic acids is 1. The first-order valence-corrected chi connectivity index (χ1v) is 6.69. The van der Waals surface area contributed by atoms with Gasteiger partial charge >= 0.3 is 5.97 Å². The zero-order chi connectivity index (χ0) is 15.7. The van der Waals surface area contributed by atoms with E-state index in [-0.39, 0.29) is 16.8 Å². The van der Waals surface area contributed by atoms with Crippen molar-refractivity contribution in [1.29, 1.82) is 0 Å². The molecule has 0 atom stereocenters. The molecule has 0 radical (unpaired) electrons. The van der Waals surface area contributed by atoms with Crippen LogP contribution < -0.4 is 5.06 Å². The SMILES string of the molecule is CN(O[SH](=O)=O)c1ccc2c(c1)C(=O)N(CC(=O)O)C2=O. The van der Waals surface area contributed by atoms with E-state index in [1.54, 1.807) is 0 Å². The van der Waals surface area contributed by atoms with Gasteiger partial charge in [-0.05, 0) is 18.2 Å². The van der Waals surface area contributed by atoms with Crippen LogP contribution in [0.25, 0.3) is 0 Å². The lowest BCUT2D eigenvalue weighted by atomic mass is 10.1. The van der Waals surface area contributed by atoms with Gasteiger partial charge in [0.15, 0.2) is 0 Å². The van der Waals surface area contributed by atoms with E-state index < -0.39 is 35.3 Å². The fourth-order valence-electron chi connectivity index (χ4n) is 1.90. The number of anilines is 1. The van der Waals surface area contributed by atoms with Gasteiger partial charge in [0.1, 0.15) is 6.54 Å². The molecule has 0 saturated heterocycles. The lowest BCUT2D eigenvalue weighted by molar-refractivity contribution is -0.137. The van der Waals surface area contributed by atoms with E-state index in [1.165, 1.54) is 25.2 Å². The van der Waals surface area contributed by atoms with Gasteiger partial charge in [0.05, 0.1) is 16.8 Å². The number of rotatable bonds is 5. The van der Waals surface area contributed by atoms with Crippen LogP contribution in [0.15, 0.2) is 18.2 Å². The zero-order valence-corrected chi connectivity index (χ0v) is 11.6. The molecular weight excluding hydrogens is 304 g/mol. The van der Waals surface area contributed by atoms with Crippen molar-refractivity contribution in [2.24, 2.45) is 0 Å². The van der Waals surface area contributed by atoms with Crippen LogP contribution in [0.5, 0.6) is 0 Å². The predicted molar refractivity (Wildman–Crippen MR) is 69.2 cm³/mol. The van der Waals surface area contributed by atoms with Crippen LogP contribution in [0.3, 0.4) is 0 Å². The first-order chi connectivity index (χ1) is 9.81. The minimum atomic E-state index is -3.12. The number of carbonyl (C=O) groups excluding carboxylic acids is 2. The van der Waals surface area contributed by atoms with E-state index in [1.807, 2.05) is 0 Å². The van der Waals surface area contributed by atoms with Gasteiger partial charge in [-0.25, -0.2) is 13.5 Å². The fraction of sp³-hybridized carbons (Fsp3) is 0.182. The Morgan fingerprint density at radius 3 is 2.48 bits per heavy atom. The van der Waals surface area contributed by atoms with E-state index in [9.17, 15) is 22.8 Å². The number of imide groups is 1. The van der Waals surface area contributed by atoms with Crippen LogP contribution in [0.4, 0.5) is 5.69 Å². The highest BCUT2D eigenvalue weighted by Crippen LogP contribution is 2.27. The predicted octanol–water partition coefficient (Wildman–Crippen LogP) is -0.739. The third-order valence-corrected chi connectivity index (χ3v) is 3.18. The lowest BCUT2D eigenvalue weighted by Gasteiger charge is -2.14. The second kappa shape index (κ2) is 5.50. The molecule has 112 valence electrons. The fourth-order valence-corrected chi connectivity index (χ4v) is 2.19. The van der Waals surface area contributed by atoms with E-state index in [4.69, 9.17) is 5.11 Å². The first kappa shape index (κ1) is 14.9. The molecule has 0 saturated carbocycles. The highest BCUT2D eigenvalue weighted by Gasteiger charge is 2.37. The smallest absolute Gasteiger partial charge is 0.323 e. The number of benzene rings is 1. The number of carboxylic acid groups (broad SMARTS) is 1. The van der Waals surface area contributed by atoms with Gasteiger partial charge in [-0.3, -0.25) is 19.3 Å². The Labute approximate surface area is 120 Å². The van der Waals surface area contributed by atoms with Crippen molar-refractivity contribution in [1.82, 2.24) is 4.90 Å². The van der Waals surface area contributed by atoms with Crippen LogP contribution in [0.2, 0.25) is 0 Å². The molecule has 1 heterocycles. The van der Waals surface area contributed by atoms with Crippen molar-refractivity contribution in [2.45, 2.75) is 0 Å². The van der Waals surface area contributed by atoms with Crippen molar-refractivity contribution in [3.05, 3.63) is 29.3 Å². The number of nitrogens with zero attached hydrogens (tertiary/aromatic N) is 2. The topological polar surface area (TPSA) is 121 Å². The molecule has 1 aromatic carbocycles. The highest BCUT2D eigenvalue weighted by molar-refractivity contribution is 7.67. The summed E-state index contributed by atoms with van der Waals surface area (Å²) in [5.41, 5.74) is 0.284. The molecule has 1 N–H and O–H groups in total. The summed E-state index contributed by atoms with van der Waals surface area (Å²) in [4.78, 5) is 35.2. The molecular formula is C11H10N2O7S. The number of thiol groups is 1. The van der Waals surface area contributed by atoms with Crippen LogP contribution in [0.1, 0.15) is 20.7 Å². The third kappa shape index (κ3) is 2.85. The summed E-state index contributed by atoms with van der Waals surface area (Å²) in [6.07, 6.45) is 0. The quantitative estimate of drug-likeness (QED) is 0.414. The summed E-state index contributed by atoms with van der Waals surface area (Å²) < 4.78 is 25.4. The number of carbonyl (C=O) groups is 3. The van der Waals surface area contributed by atoms with Crippen molar-refractivity contribution >= 4 is 34.5 Å². The van der Waals surface area contributed by atoms with Crippen LogP contribution in [-0.4, -0.2) is 49.8 Å². The number of fused-ring (bicyclic) bond motifs is 1. The molecule has 1 aromatic rings. The average Bonchev–Trinajstić information content (AvgIpc) is 2.62. The summed E-state index contributed by atoms with van der Waals surface area (Å²) in [6, 6.07) is 3.95. The third-order valence-electron chi connectivity index (χ3n) is 2.80. The van der Waals surface area contributed by atoms with E-state index in [2.05, 4.69) is 4.28 Å². The van der Waals surface area contributed by atoms with Gasteiger partial charge in [0, 0.05) is 7.05 Å². The van der Waals surface area contributed by atoms with E-state index in [0.29, 0.717) is 4.90 Å². The van der Waals surface area contributed by atoms with Crippen molar-refractivity contribution < 1.29 is 32.2 Å². The number of carboxylic acids is 1. The number of hydroxylamine groups is 1. The molecule has 0 fully saturated rings. The van der Waals surface area contributed by atoms with Crippen LogP contribution in [0, 0.1) is 0 Å². The van der Waals surface area contributed by atoms with E-state index in [0.717, 1.165) is 5.06 Å². The largest absolute Gasteiger partial charge is 0.480 e. The maximum absolute atomic E-state index is 12.0. The van der Waals surface area contributed by atoms with Crippen molar-refractivity contribution in [3.8, 4) is 0 Å². The molecule has 0 spiro atoms. The normalized spacial score (nSPS) is 13.7. The van der Waals surface area contributed by atoms with E-state index >= 15 is 0 Å². The number of hydrogen-bond acceptors (Lipinski definition) is 7. The molecule has 9 nitrogen and oxygen atoms in total. The summed E-state index contributed by atoms with van der Waals surface area (Å²) in [5.74, 6) is -2.77. The highest BCUT2D eigenvalue weighted by atomic mass is 32.2. The Morgan fingerprint density at radius 2 is 1.90 bits per heavy atom. The molecule has 1 aliphatic heterocycles. The van der Waals surface area contributed by atoms with Gasteiger partial charge in [0.2, 0.25) is 0 Å². The summed E-state index contributed by atoms with van der Waals surface area (Å²) >= 11 is 0. The monoisotopic (exact) mass is 314 g/mol. The Hall–Kier alpha value is -2.46. The Kier molecular flexibility index (Phi) is 3.91. The molecule has 2 amide bonds. The molecule has 1 aliphatic rings. The van der Waals surface area contributed by atoms with Gasteiger partial charge in [-0.15, -0.1) is 0 Å². The molecule has 21 heavy (non-hydrogen) atoms. The first-order valence-electron chi connectivity index (χ1n) is 5.59. The zero-order valence-electron chi connectivity index (χ0n) is 10.7. The molecule has 0 aromatic heterocycles. The maximum atomic E-state index is 12.0. The number of hydrogen-bond donors (Lipinski definition) is 2. The molecule has 2 rings (SSSR count). The van der Waals surface area contributed by atoms with Gasteiger partial charge in [-0.2, -0.15) is 4.28 Å². The van der Waals surface area contributed by atoms with Gasteiger partial charge < -0.3 is 5.11 Å². The second-order valence-corrected chi connectivity index (χ2v) is 4.73. The number of amides is 2. The summed E-state index contributed by atoms with van der Waals surface area (Å²) in [5, 5.41) is 9.60. The summed E-state index contributed by atoms with van der Waals surface area (Å²) in [6.45, 7) is -0.736. The minimum absolute atomic E-state index is 0.00433. The molecule has 0 bridgehead atoms. The maximum Gasteiger partial charge on any atom is 0.323 e. The average molecular weight is 314 g/mol. The van der Waals surface area contributed by atoms with Crippen LogP contribution >= 0.6 is 0 Å². The Morgan fingerprint density at radius 1 is 1.29 bits per heavy atom. The van der Waals surface area contributed by atoms with Crippen LogP contribution in [-0.2, 0) is 20.1 Å². The van der Waals surface area contributed by atoms with Crippen molar-refractivity contribution in [3.63, 3.8) is 0 Å². The summed E-state index contributed by atoms with van der Waals surface area (Å²) in [7, 11) is -1.82.